The summed E-state index contributed by atoms with van der Waals surface area (Å²) in [7, 11) is 1.58. The maximum absolute atomic E-state index is 12.9. The molecule has 0 unspecified atom stereocenters. The Balaban J connectivity index is 1.26. The predicted molar refractivity (Wildman–Crippen MR) is 121 cm³/mol. The number of hydrogen-bond donors (Lipinski definition) is 2. The fourth-order valence-corrected chi connectivity index (χ4v) is 4.67. The number of likely N-dealkylation sites (tertiary alicyclic amines) is 1. The monoisotopic (exact) mass is 467 g/mol. The fourth-order valence-electron chi connectivity index (χ4n) is 3.78. The quantitative estimate of drug-likeness (QED) is 0.585. The number of fused-ring (bicyclic) bond motifs is 1. The molecule has 3 amide bonds. The topological polar surface area (TPSA) is 115 Å². The standard InChI is InChI=1S/C22H21N5O5S/c1-30-15-5-2-4-13(10-15)24-22(29)27-9-3-6-16(27)20-25-26-21(33-20)19(28)23-14-7-8-17-18(11-14)32-12-31-17/h2,4-5,7-8,10-11,16H,3,6,9,12H2,1H3,(H,23,28)(H,24,29)/t16-/m0/s1. The van der Waals surface area contributed by atoms with Gasteiger partial charge in [-0.3, -0.25) is 4.79 Å². The van der Waals surface area contributed by atoms with Crippen LogP contribution in [0.3, 0.4) is 0 Å². The van der Waals surface area contributed by atoms with Crippen LogP contribution in [0.5, 0.6) is 17.2 Å². The number of urea groups is 1. The van der Waals surface area contributed by atoms with Crippen LogP contribution < -0.4 is 24.8 Å². The van der Waals surface area contributed by atoms with Gasteiger partial charge in [0.1, 0.15) is 10.8 Å². The van der Waals surface area contributed by atoms with Gasteiger partial charge in [0.2, 0.25) is 11.8 Å². The highest BCUT2D eigenvalue weighted by molar-refractivity contribution is 7.13. The number of methoxy groups -OCH3 is 1. The van der Waals surface area contributed by atoms with Crippen molar-refractivity contribution in [2.45, 2.75) is 18.9 Å². The van der Waals surface area contributed by atoms with Gasteiger partial charge >= 0.3 is 6.03 Å². The van der Waals surface area contributed by atoms with E-state index in [-0.39, 0.29) is 29.8 Å². The van der Waals surface area contributed by atoms with Gasteiger partial charge in [-0.05, 0) is 37.1 Å². The second-order valence-corrected chi connectivity index (χ2v) is 8.49. The number of rotatable bonds is 5. The third-order valence-corrected chi connectivity index (χ3v) is 6.41. The van der Waals surface area contributed by atoms with E-state index in [0.29, 0.717) is 40.2 Å². The van der Waals surface area contributed by atoms with Gasteiger partial charge in [0.05, 0.1) is 13.2 Å². The van der Waals surface area contributed by atoms with E-state index in [0.717, 1.165) is 12.8 Å². The van der Waals surface area contributed by atoms with E-state index in [4.69, 9.17) is 14.2 Å². The highest BCUT2D eigenvalue weighted by atomic mass is 32.1. The first kappa shape index (κ1) is 21.0. The number of nitrogens with one attached hydrogen (secondary N) is 2. The lowest BCUT2D eigenvalue weighted by Crippen LogP contribution is -2.34. The summed E-state index contributed by atoms with van der Waals surface area (Å²) in [5, 5.41) is 14.8. The van der Waals surface area contributed by atoms with Crippen LogP contribution in [0, 0.1) is 0 Å². The Hall–Kier alpha value is -3.86. The van der Waals surface area contributed by atoms with E-state index in [1.165, 1.54) is 11.3 Å². The van der Waals surface area contributed by atoms with Crippen LogP contribution in [0.2, 0.25) is 0 Å². The van der Waals surface area contributed by atoms with Crippen LogP contribution in [0.1, 0.15) is 33.7 Å². The van der Waals surface area contributed by atoms with Crippen molar-refractivity contribution < 1.29 is 23.8 Å². The van der Waals surface area contributed by atoms with Crippen LogP contribution in [-0.2, 0) is 0 Å². The first-order valence-electron chi connectivity index (χ1n) is 10.4. The van der Waals surface area contributed by atoms with E-state index < -0.39 is 0 Å². The molecule has 1 atom stereocenters. The molecule has 0 aliphatic carbocycles. The zero-order valence-electron chi connectivity index (χ0n) is 17.7. The molecule has 0 spiro atoms. The Kier molecular flexibility index (Phi) is 5.69. The summed E-state index contributed by atoms with van der Waals surface area (Å²) in [4.78, 5) is 27.3. The van der Waals surface area contributed by atoms with Gasteiger partial charge in [0, 0.05) is 30.1 Å². The normalized spacial score (nSPS) is 16.5. The van der Waals surface area contributed by atoms with E-state index in [1.807, 2.05) is 12.1 Å². The van der Waals surface area contributed by atoms with E-state index in [1.54, 1.807) is 42.3 Å². The van der Waals surface area contributed by atoms with Crippen LogP contribution in [0.4, 0.5) is 16.2 Å². The molecule has 2 N–H and O–H groups in total. The molecule has 0 saturated carbocycles. The largest absolute Gasteiger partial charge is 0.497 e. The summed E-state index contributed by atoms with van der Waals surface area (Å²) in [6.07, 6.45) is 1.60. The first-order valence-corrected chi connectivity index (χ1v) is 11.2. The van der Waals surface area contributed by atoms with Gasteiger partial charge in [0.25, 0.3) is 5.91 Å². The summed E-state index contributed by atoms with van der Waals surface area (Å²) in [5.41, 5.74) is 1.22. The van der Waals surface area contributed by atoms with Gasteiger partial charge < -0.3 is 29.7 Å². The Morgan fingerprint density at radius 3 is 2.82 bits per heavy atom. The van der Waals surface area contributed by atoms with Gasteiger partial charge in [-0.15, -0.1) is 10.2 Å². The highest BCUT2D eigenvalue weighted by Gasteiger charge is 2.33. The molecule has 2 aliphatic rings. The highest BCUT2D eigenvalue weighted by Crippen LogP contribution is 2.36. The number of carbonyl (C=O) groups is 2. The minimum Gasteiger partial charge on any atom is -0.497 e. The van der Waals surface area contributed by atoms with Crippen LogP contribution in [-0.4, -0.2) is 47.5 Å². The lowest BCUT2D eigenvalue weighted by atomic mass is 10.2. The summed E-state index contributed by atoms with van der Waals surface area (Å²) < 4.78 is 15.8. The number of carbonyl (C=O) groups excluding carboxylic acids is 2. The minimum atomic E-state index is -0.372. The van der Waals surface area contributed by atoms with Gasteiger partial charge in [-0.1, -0.05) is 17.4 Å². The summed E-state index contributed by atoms with van der Waals surface area (Å²) in [6.45, 7) is 0.758. The molecule has 1 fully saturated rings. The Morgan fingerprint density at radius 1 is 1.09 bits per heavy atom. The average molecular weight is 468 g/mol. The van der Waals surface area contributed by atoms with Crippen molar-refractivity contribution in [1.29, 1.82) is 0 Å². The van der Waals surface area contributed by atoms with Crippen molar-refractivity contribution in [3.63, 3.8) is 0 Å². The molecule has 10 nitrogen and oxygen atoms in total. The van der Waals surface area contributed by atoms with Crippen molar-refractivity contribution in [2.24, 2.45) is 0 Å². The average Bonchev–Trinajstić information content (AvgIpc) is 3.58. The Bertz CT molecular complexity index is 1200. The molecule has 2 aromatic carbocycles. The smallest absolute Gasteiger partial charge is 0.322 e. The summed E-state index contributed by atoms with van der Waals surface area (Å²) in [6, 6.07) is 11.9. The lowest BCUT2D eigenvalue weighted by molar-refractivity contribution is 0.102. The Labute approximate surface area is 193 Å². The van der Waals surface area contributed by atoms with E-state index >= 15 is 0 Å². The second kappa shape index (κ2) is 8.94. The van der Waals surface area contributed by atoms with Crippen molar-refractivity contribution >= 4 is 34.6 Å². The molecular weight excluding hydrogens is 446 g/mol. The number of hydrogen-bond acceptors (Lipinski definition) is 8. The molecule has 1 saturated heterocycles. The third kappa shape index (κ3) is 4.40. The molecule has 11 heteroatoms. The molecule has 0 radical (unpaired) electrons. The molecule has 33 heavy (non-hydrogen) atoms. The molecule has 3 heterocycles. The van der Waals surface area contributed by atoms with E-state index in [2.05, 4.69) is 20.8 Å². The molecule has 170 valence electrons. The Morgan fingerprint density at radius 2 is 1.94 bits per heavy atom. The molecule has 3 aromatic rings. The van der Waals surface area contributed by atoms with Gasteiger partial charge in [-0.2, -0.15) is 0 Å². The van der Waals surface area contributed by atoms with E-state index in [9.17, 15) is 9.59 Å². The number of aromatic nitrogens is 2. The van der Waals surface area contributed by atoms with Crippen LogP contribution in [0.15, 0.2) is 42.5 Å². The predicted octanol–water partition coefficient (Wildman–Crippen LogP) is 3.90. The van der Waals surface area contributed by atoms with Gasteiger partial charge in [0.15, 0.2) is 11.5 Å². The molecule has 0 bridgehead atoms. The molecule has 1 aromatic heterocycles. The number of anilines is 2. The molecule has 2 aliphatic heterocycles. The van der Waals surface area contributed by atoms with Crippen molar-refractivity contribution in [3.05, 3.63) is 52.5 Å². The van der Waals surface area contributed by atoms with Crippen molar-refractivity contribution in [2.75, 3.05) is 31.1 Å². The second-order valence-electron chi connectivity index (χ2n) is 7.48. The number of amides is 3. The van der Waals surface area contributed by atoms with Crippen LogP contribution in [0.25, 0.3) is 0 Å². The number of benzene rings is 2. The zero-order chi connectivity index (χ0) is 22.8. The zero-order valence-corrected chi connectivity index (χ0v) is 18.6. The lowest BCUT2D eigenvalue weighted by Gasteiger charge is -2.23. The molecular formula is C22H21N5O5S. The molecule has 5 rings (SSSR count). The first-order chi connectivity index (χ1) is 16.1. The van der Waals surface area contributed by atoms with Crippen molar-refractivity contribution in [3.8, 4) is 17.2 Å². The minimum absolute atomic E-state index is 0.162. The summed E-state index contributed by atoms with van der Waals surface area (Å²) in [5.74, 6) is 1.50. The third-order valence-electron chi connectivity index (χ3n) is 5.39. The number of nitrogens with zero attached hydrogens (tertiary/aromatic N) is 3. The fraction of sp³-hybridized carbons (Fsp3) is 0.273. The summed E-state index contributed by atoms with van der Waals surface area (Å²) >= 11 is 1.18. The van der Waals surface area contributed by atoms with Crippen LogP contribution >= 0.6 is 11.3 Å². The maximum atomic E-state index is 12.9. The SMILES string of the molecule is COc1cccc(NC(=O)N2CCC[C@H]2c2nnc(C(=O)Nc3ccc4c(c3)OCO4)s2)c1. The maximum Gasteiger partial charge on any atom is 0.322 e. The van der Waals surface area contributed by atoms with Gasteiger partial charge in [-0.25, -0.2) is 4.79 Å². The number of ether oxygens (including phenoxy) is 3. The van der Waals surface area contributed by atoms with Crippen molar-refractivity contribution in [1.82, 2.24) is 15.1 Å².